The van der Waals surface area contributed by atoms with Crippen LogP contribution in [0.1, 0.15) is 84.4 Å². The molecule has 1 unspecified atom stereocenters. The highest BCUT2D eigenvalue weighted by Gasteiger charge is 2.60. The van der Waals surface area contributed by atoms with Crippen LogP contribution < -0.4 is 25.3 Å². The van der Waals surface area contributed by atoms with E-state index < -0.39 is 46.4 Å². The number of nitrogens with one attached hydrogen (secondary N) is 2. The predicted molar refractivity (Wildman–Crippen MR) is 163 cm³/mol. The van der Waals surface area contributed by atoms with Crippen LogP contribution in [0, 0.1) is 24.1 Å². The largest absolute Gasteiger partial charge is 0.493 e. The first kappa shape index (κ1) is 31.3. The first-order valence-corrected chi connectivity index (χ1v) is 15.2. The normalized spacial score (nSPS) is 18.7. The quantitative estimate of drug-likeness (QED) is 0.249. The number of amides is 2. The van der Waals surface area contributed by atoms with Gasteiger partial charge in [-0.25, -0.2) is 14.1 Å². The number of nitrogens with zero attached hydrogens (tertiary/aromatic N) is 5. The summed E-state index contributed by atoms with van der Waals surface area (Å²) in [5.74, 6) is -1.65. The summed E-state index contributed by atoms with van der Waals surface area (Å²) in [5, 5.41) is 11.9. The van der Waals surface area contributed by atoms with Crippen molar-refractivity contribution in [1.82, 2.24) is 15.0 Å². The number of fused-ring (bicyclic) bond motifs is 1. The highest BCUT2D eigenvalue weighted by molar-refractivity contribution is 7.81. The number of carbonyl (C=O) groups excluding carboxylic acids is 2. The second-order valence-corrected chi connectivity index (χ2v) is 11.7. The Balaban J connectivity index is 1.44. The van der Waals surface area contributed by atoms with Crippen molar-refractivity contribution in [3.05, 3.63) is 70.1 Å². The molecule has 240 valence electrons. The minimum Gasteiger partial charge on any atom is -0.493 e. The number of hydrogen-bond donors (Lipinski definition) is 2. The van der Waals surface area contributed by atoms with Crippen LogP contribution in [0.15, 0.2) is 30.3 Å². The molecule has 0 radical (unpaired) electrons. The van der Waals surface area contributed by atoms with Gasteiger partial charge in [0.2, 0.25) is 0 Å². The fourth-order valence-corrected chi connectivity index (χ4v) is 6.84. The molecule has 1 atom stereocenters. The van der Waals surface area contributed by atoms with Crippen molar-refractivity contribution in [3.63, 3.8) is 0 Å². The predicted octanol–water partition coefficient (Wildman–Crippen LogP) is 5.62. The molecule has 2 aliphatic heterocycles. The van der Waals surface area contributed by atoms with Crippen LogP contribution >= 0.6 is 12.2 Å². The molecule has 1 aliphatic carbocycles. The number of thiocarbonyl (C=S) groups is 1. The topological polar surface area (TPSA) is 116 Å². The van der Waals surface area contributed by atoms with Gasteiger partial charge in [-0.05, 0) is 82.1 Å². The lowest BCUT2D eigenvalue weighted by Gasteiger charge is -2.43. The van der Waals surface area contributed by atoms with E-state index in [1.165, 1.54) is 11.0 Å². The molecule has 3 aliphatic rings. The van der Waals surface area contributed by atoms with Gasteiger partial charge < -0.3 is 15.0 Å². The van der Waals surface area contributed by atoms with E-state index >= 15 is 4.39 Å². The molecule has 10 nitrogen and oxygen atoms in total. The number of halogens is 4. The van der Waals surface area contributed by atoms with Gasteiger partial charge in [-0.2, -0.15) is 18.4 Å². The van der Waals surface area contributed by atoms with Crippen molar-refractivity contribution in [2.75, 3.05) is 21.8 Å². The van der Waals surface area contributed by atoms with E-state index in [1.54, 1.807) is 36.7 Å². The van der Waals surface area contributed by atoms with Gasteiger partial charge in [0.15, 0.2) is 16.6 Å². The number of rotatable bonds is 7. The zero-order valence-corrected chi connectivity index (χ0v) is 25.9. The Labute approximate surface area is 266 Å². The molecular formula is C31H29F4N7O3S. The van der Waals surface area contributed by atoms with Crippen LogP contribution in [0.3, 0.4) is 0 Å². The lowest BCUT2D eigenvalue weighted by molar-refractivity contribution is -0.140. The van der Waals surface area contributed by atoms with E-state index in [0.717, 1.165) is 23.5 Å². The molecule has 1 spiro atoms. The van der Waals surface area contributed by atoms with Crippen molar-refractivity contribution in [2.45, 2.75) is 70.8 Å². The minimum atomic E-state index is -5.19. The Bertz CT molecular complexity index is 1830. The molecule has 46 heavy (non-hydrogen) atoms. The number of ether oxygens (including phenoxy) is 1. The van der Waals surface area contributed by atoms with Gasteiger partial charge in [0.1, 0.15) is 28.8 Å². The summed E-state index contributed by atoms with van der Waals surface area (Å²) < 4.78 is 64.7. The summed E-state index contributed by atoms with van der Waals surface area (Å²) in [6, 6.07) is 8.18. The fraction of sp³-hybridized carbons (Fsp3) is 0.387. The van der Waals surface area contributed by atoms with Gasteiger partial charge in [0.05, 0.1) is 29.6 Å². The van der Waals surface area contributed by atoms with E-state index in [-0.39, 0.29) is 11.0 Å². The van der Waals surface area contributed by atoms with E-state index in [0.29, 0.717) is 66.5 Å². The molecule has 1 saturated heterocycles. The average Bonchev–Trinajstić information content (AvgIpc) is 3.42. The Morgan fingerprint density at radius 3 is 2.54 bits per heavy atom. The Morgan fingerprint density at radius 1 is 1.20 bits per heavy atom. The van der Waals surface area contributed by atoms with Crippen molar-refractivity contribution in [2.24, 2.45) is 0 Å². The number of aromatic nitrogens is 2. The molecule has 2 fully saturated rings. The van der Waals surface area contributed by atoms with Crippen molar-refractivity contribution >= 4 is 40.5 Å². The van der Waals surface area contributed by atoms with Crippen LogP contribution in [0.2, 0.25) is 0 Å². The zero-order chi connectivity index (χ0) is 33.1. The molecular weight excluding hydrogens is 626 g/mol. The van der Waals surface area contributed by atoms with Gasteiger partial charge in [0, 0.05) is 17.7 Å². The maximum Gasteiger partial charge on any atom is 0.420 e. The monoisotopic (exact) mass is 655 g/mol. The van der Waals surface area contributed by atoms with Gasteiger partial charge in [-0.15, -0.1) is 0 Å². The van der Waals surface area contributed by atoms with Gasteiger partial charge in [-0.3, -0.25) is 19.9 Å². The third-order valence-corrected chi connectivity index (χ3v) is 8.93. The summed E-state index contributed by atoms with van der Waals surface area (Å²) in [6.07, 6.45) is -3.28. The maximum atomic E-state index is 15.6. The van der Waals surface area contributed by atoms with Crippen LogP contribution in [0.5, 0.6) is 5.75 Å². The number of imidazole rings is 1. The number of benzene rings is 2. The number of carbonyl (C=O) groups is 2. The molecule has 1 aromatic heterocycles. The fourth-order valence-electron chi connectivity index (χ4n) is 6.38. The second-order valence-electron chi connectivity index (χ2n) is 11.3. The molecule has 2 aromatic carbocycles. The summed E-state index contributed by atoms with van der Waals surface area (Å²) >= 11 is 5.70. The van der Waals surface area contributed by atoms with Gasteiger partial charge >= 0.3 is 6.18 Å². The number of anilines is 2. The summed E-state index contributed by atoms with van der Waals surface area (Å²) in [6.45, 7) is 5.86. The third kappa shape index (κ3) is 4.65. The van der Waals surface area contributed by atoms with E-state index in [9.17, 15) is 28.0 Å². The summed E-state index contributed by atoms with van der Waals surface area (Å²) in [7, 11) is 0. The minimum absolute atomic E-state index is 0.213. The SMILES string of the molecule is CCCc1nc(C)c2n1NC(c1cc(N3C(=S)N(c4ccc(C#N)c(C(F)(F)F)c4F)C(=O)C34CCC4)ccc1OCC)NC2=O. The van der Waals surface area contributed by atoms with E-state index in [1.807, 2.05) is 6.92 Å². The highest BCUT2D eigenvalue weighted by Crippen LogP contribution is 2.50. The smallest absolute Gasteiger partial charge is 0.420 e. The van der Waals surface area contributed by atoms with Crippen LogP contribution in [-0.2, 0) is 17.4 Å². The molecule has 2 N–H and O–H groups in total. The lowest BCUT2D eigenvalue weighted by Crippen LogP contribution is -2.55. The Hall–Kier alpha value is -4.71. The van der Waals surface area contributed by atoms with Crippen molar-refractivity contribution < 1.29 is 31.9 Å². The maximum absolute atomic E-state index is 15.6. The highest BCUT2D eigenvalue weighted by atomic mass is 32.1. The standard InChI is InChI=1S/C31H29F4N7O3S/c1-4-7-22-37-16(3)25-27(43)38-26(39-42(22)25)19-14-18(9-11-21(19)45-5-2)41-29(46)40(28(44)30(41)12-6-13-30)20-10-8-17(15-36)23(24(20)32)31(33,34)35/h8-11,14,26,39H,4-7,12-13H2,1-3H3,(H,38,43). The van der Waals surface area contributed by atoms with Crippen LogP contribution in [-0.4, -0.2) is 38.7 Å². The first-order chi connectivity index (χ1) is 21.9. The number of alkyl halides is 3. The van der Waals surface area contributed by atoms with Crippen LogP contribution in [0.4, 0.5) is 28.9 Å². The van der Waals surface area contributed by atoms with Crippen molar-refractivity contribution in [3.8, 4) is 11.8 Å². The number of aryl methyl sites for hydroxylation is 2. The molecule has 2 amide bonds. The second kappa shape index (κ2) is 11.3. The molecule has 1 saturated carbocycles. The van der Waals surface area contributed by atoms with Gasteiger partial charge in [-0.1, -0.05) is 6.92 Å². The zero-order valence-electron chi connectivity index (χ0n) is 25.1. The number of hydrogen-bond acceptors (Lipinski definition) is 7. The van der Waals surface area contributed by atoms with E-state index in [2.05, 4.69) is 15.7 Å². The Kier molecular flexibility index (Phi) is 7.66. The number of nitriles is 1. The molecule has 6 rings (SSSR count). The molecule has 0 bridgehead atoms. The molecule has 3 aromatic rings. The van der Waals surface area contributed by atoms with Crippen molar-refractivity contribution in [1.29, 1.82) is 5.26 Å². The summed E-state index contributed by atoms with van der Waals surface area (Å²) in [5.41, 5.74) is 0.555. The van der Waals surface area contributed by atoms with Crippen LogP contribution in [0.25, 0.3) is 0 Å². The first-order valence-electron chi connectivity index (χ1n) is 14.8. The third-order valence-electron chi connectivity index (χ3n) is 8.56. The molecule has 3 heterocycles. The van der Waals surface area contributed by atoms with Gasteiger partial charge in [0.25, 0.3) is 11.8 Å². The summed E-state index contributed by atoms with van der Waals surface area (Å²) in [4.78, 5) is 34.1. The lowest BCUT2D eigenvalue weighted by atomic mass is 9.75. The van der Waals surface area contributed by atoms with E-state index in [4.69, 9.17) is 17.0 Å². The average molecular weight is 656 g/mol. The molecule has 15 heteroatoms. The Morgan fingerprint density at radius 2 is 1.93 bits per heavy atom.